The standard InChI is InChI=1S/C22H25N3OS/c1-5-16-9-6-7-12-19(16)25-22-23-15(4)20(27-22)21(26)24-18-11-8-10-17(13-18)14(2)3/h6-14H,5H2,1-4H3,(H,23,25)(H,24,26). The van der Waals surface area contributed by atoms with Crippen molar-refractivity contribution in [3.05, 3.63) is 70.2 Å². The van der Waals surface area contributed by atoms with Crippen LogP contribution >= 0.6 is 11.3 Å². The maximum absolute atomic E-state index is 12.7. The van der Waals surface area contributed by atoms with Crippen molar-refractivity contribution in [3.8, 4) is 0 Å². The van der Waals surface area contributed by atoms with Gasteiger partial charge in [-0.25, -0.2) is 4.98 Å². The van der Waals surface area contributed by atoms with Gasteiger partial charge in [-0.05, 0) is 48.6 Å². The number of anilines is 3. The fourth-order valence-corrected chi connectivity index (χ4v) is 3.76. The van der Waals surface area contributed by atoms with Crippen molar-refractivity contribution in [2.24, 2.45) is 0 Å². The molecule has 0 fully saturated rings. The molecule has 2 aromatic carbocycles. The van der Waals surface area contributed by atoms with E-state index in [1.165, 1.54) is 22.5 Å². The van der Waals surface area contributed by atoms with Gasteiger partial charge in [0.25, 0.3) is 5.91 Å². The predicted molar refractivity (Wildman–Crippen MR) is 114 cm³/mol. The Labute approximate surface area is 164 Å². The number of benzene rings is 2. The Balaban J connectivity index is 1.78. The van der Waals surface area contributed by atoms with E-state index in [1.807, 2.05) is 43.3 Å². The second kappa shape index (κ2) is 8.35. The van der Waals surface area contributed by atoms with E-state index in [2.05, 4.69) is 48.5 Å². The molecule has 1 heterocycles. The SMILES string of the molecule is CCc1ccccc1Nc1nc(C)c(C(=O)Nc2cccc(C(C)C)c2)s1. The average Bonchev–Trinajstić information content (AvgIpc) is 3.02. The first kappa shape index (κ1) is 19.1. The molecular weight excluding hydrogens is 354 g/mol. The Morgan fingerprint density at radius 3 is 2.67 bits per heavy atom. The van der Waals surface area contributed by atoms with Crippen LogP contribution in [0.4, 0.5) is 16.5 Å². The third-order valence-corrected chi connectivity index (χ3v) is 5.53. The molecule has 5 heteroatoms. The molecular formula is C22H25N3OS. The molecule has 0 aliphatic heterocycles. The Morgan fingerprint density at radius 1 is 1.15 bits per heavy atom. The molecule has 1 amide bonds. The van der Waals surface area contributed by atoms with E-state index in [1.54, 1.807) is 0 Å². The lowest BCUT2D eigenvalue weighted by Crippen LogP contribution is -2.11. The maximum atomic E-state index is 12.7. The Hall–Kier alpha value is -2.66. The van der Waals surface area contributed by atoms with E-state index in [0.29, 0.717) is 10.8 Å². The highest BCUT2D eigenvalue weighted by atomic mass is 32.1. The summed E-state index contributed by atoms with van der Waals surface area (Å²) in [6.45, 7) is 8.27. The second-order valence-electron chi connectivity index (χ2n) is 6.80. The first-order valence-corrected chi connectivity index (χ1v) is 10.0. The Kier molecular flexibility index (Phi) is 5.91. The number of hydrogen-bond donors (Lipinski definition) is 2. The topological polar surface area (TPSA) is 54.0 Å². The minimum Gasteiger partial charge on any atom is -0.331 e. The monoisotopic (exact) mass is 379 g/mol. The van der Waals surface area contributed by atoms with Crippen LogP contribution in [-0.2, 0) is 6.42 Å². The number of hydrogen-bond acceptors (Lipinski definition) is 4. The number of aryl methyl sites for hydroxylation is 2. The number of nitrogens with one attached hydrogen (secondary N) is 2. The van der Waals surface area contributed by atoms with E-state index >= 15 is 0 Å². The van der Waals surface area contributed by atoms with E-state index in [9.17, 15) is 4.79 Å². The molecule has 27 heavy (non-hydrogen) atoms. The largest absolute Gasteiger partial charge is 0.331 e. The first-order chi connectivity index (χ1) is 13.0. The van der Waals surface area contributed by atoms with Gasteiger partial charge in [0.1, 0.15) is 4.88 Å². The van der Waals surface area contributed by atoms with Gasteiger partial charge in [0.15, 0.2) is 5.13 Å². The van der Waals surface area contributed by atoms with Crippen LogP contribution < -0.4 is 10.6 Å². The molecule has 3 aromatic rings. The first-order valence-electron chi connectivity index (χ1n) is 9.21. The summed E-state index contributed by atoms with van der Waals surface area (Å²) in [7, 11) is 0. The van der Waals surface area contributed by atoms with Crippen LogP contribution in [0.1, 0.15) is 53.2 Å². The zero-order valence-corrected chi connectivity index (χ0v) is 17.0. The Bertz CT molecular complexity index is 946. The van der Waals surface area contributed by atoms with Gasteiger partial charge >= 0.3 is 0 Å². The highest BCUT2D eigenvalue weighted by Crippen LogP contribution is 2.28. The van der Waals surface area contributed by atoms with E-state index in [4.69, 9.17) is 0 Å². The van der Waals surface area contributed by atoms with Gasteiger partial charge in [-0.3, -0.25) is 4.79 Å². The lowest BCUT2D eigenvalue weighted by molar-refractivity contribution is 0.103. The smallest absolute Gasteiger partial charge is 0.267 e. The van der Waals surface area contributed by atoms with Crippen molar-refractivity contribution >= 4 is 33.8 Å². The molecule has 0 saturated heterocycles. The molecule has 4 nitrogen and oxygen atoms in total. The molecule has 0 unspecified atom stereocenters. The predicted octanol–water partition coefficient (Wildman–Crippen LogP) is 6.13. The van der Waals surface area contributed by atoms with Crippen molar-refractivity contribution in [2.45, 2.75) is 40.0 Å². The fourth-order valence-electron chi connectivity index (χ4n) is 2.89. The highest BCUT2D eigenvalue weighted by Gasteiger charge is 2.16. The summed E-state index contributed by atoms with van der Waals surface area (Å²) in [5.41, 5.74) is 5.00. The van der Waals surface area contributed by atoms with Crippen LogP contribution in [0.3, 0.4) is 0 Å². The van der Waals surface area contributed by atoms with Gasteiger partial charge in [0.2, 0.25) is 0 Å². The summed E-state index contributed by atoms with van der Waals surface area (Å²) in [4.78, 5) is 17.9. The van der Waals surface area contributed by atoms with E-state index in [0.717, 1.165) is 28.6 Å². The van der Waals surface area contributed by atoms with Crippen molar-refractivity contribution < 1.29 is 4.79 Å². The van der Waals surface area contributed by atoms with Gasteiger partial charge in [-0.15, -0.1) is 0 Å². The summed E-state index contributed by atoms with van der Waals surface area (Å²) in [5.74, 6) is 0.296. The van der Waals surface area contributed by atoms with Crippen molar-refractivity contribution in [1.29, 1.82) is 0 Å². The van der Waals surface area contributed by atoms with Crippen molar-refractivity contribution in [1.82, 2.24) is 4.98 Å². The second-order valence-corrected chi connectivity index (χ2v) is 7.80. The lowest BCUT2D eigenvalue weighted by Gasteiger charge is -2.09. The van der Waals surface area contributed by atoms with E-state index < -0.39 is 0 Å². The molecule has 0 aliphatic carbocycles. The summed E-state index contributed by atoms with van der Waals surface area (Å²) < 4.78 is 0. The minimum atomic E-state index is -0.122. The third kappa shape index (κ3) is 4.55. The van der Waals surface area contributed by atoms with Crippen LogP contribution in [0, 0.1) is 6.92 Å². The number of aromatic nitrogens is 1. The van der Waals surface area contributed by atoms with Crippen LogP contribution in [0.15, 0.2) is 48.5 Å². The van der Waals surface area contributed by atoms with Gasteiger partial charge in [0.05, 0.1) is 5.69 Å². The zero-order chi connectivity index (χ0) is 19.4. The minimum absolute atomic E-state index is 0.122. The van der Waals surface area contributed by atoms with Gasteiger partial charge in [-0.1, -0.05) is 62.4 Å². The number of nitrogens with zero attached hydrogens (tertiary/aromatic N) is 1. The van der Waals surface area contributed by atoms with Crippen LogP contribution in [0.25, 0.3) is 0 Å². The normalized spacial score (nSPS) is 10.9. The number of thiazole rings is 1. The lowest BCUT2D eigenvalue weighted by atomic mass is 10.0. The third-order valence-electron chi connectivity index (χ3n) is 4.45. The molecule has 2 N–H and O–H groups in total. The zero-order valence-electron chi connectivity index (χ0n) is 16.2. The van der Waals surface area contributed by atoms with Crippen LogP contribution in [0.2, 0.25) is 0 Å². The van der Waals surface area contributed by atoms with Crippen molar-refractivity contribution in [2.75, 3.05) is 10.6 Å². The summed E-state index contributed by atoms with van der Waals surface area (Å²) in [6, 6.07) is 16.1. The summed E-state index contributed by atoms with van der Waals surface area (Å²) in [5, 5.41) is 7.08. The molecule has 0 radical (unpaired) electrons. The molecule has 0 spiro atoms. The number of amides is 1. The van der Waals surface area contributed by atoms with Crippen molar-refractivity contribution in [3.63, 3.8) is 0 Å². The number of carbonyl (C=O) groups is 1. The highest BCUT2D eigenvalue weighted by molar-refractivity contribution is 7.17. The average molecular weight is 380 g/mol. The number of rotatable bonds is 6. The van der Waals surface area contributed by atoms with Gasteiger partial charge in [-0.2, -0.15) is 0 Å². The molecule has 0 atom stereocenters. The van der Waals surface area contributed by atoms with Gasteiger partial charge in [0, 0.05) is 11.4 Å². The summed E-state index contributed by atoms with van der Waals surface area (Å²) in [6.07, 6.45) is 0.938. The summed E-state index contributed by atoms with van der Waals surface area (Å²) >= 11 is 1.38. The van der Waals surface area contributed by atoms with Gasteiger partial charge < -0.3 is 10.6 Å². The Morgan fingerprint density at radius 2 is 1.93 bits per heavy atom. The quantitative estimate of drug-likeness (QED) is 0.541. The fraction of sp³-hybridized carbons (Fsp3) is 0.273. The number of carbonyl (C=O) groups excluding carboxylic acids is 1. The molecule has 1 aromatic heterocycles. The molecule has 0 bridgehead atoms. The number of para-hydroxylation sites is 1. The molecule has 3 rings (SSSR count). The molecule has 0 saturated carbocycles. The molecule has 140 valence electrons. The van der Waals surface area contributed by atoms with Crippen LogP contribution in [0.5, 0.6) is 0 Å². The van der Waals surface area contributed by atoms with Crippen LogP contribution in [-0.4, -0.2) is 10.9 Å². The maximum Gasteiger partial charge on any atom is 0.267 e. The van der Waals surface area contributed by atoms with E-state index in [-0.39, 0.29) is 5.91 Å². The molecule has 0 aliphatic rings.